The lowest BCUT2D eigenvalue weighted by molar-refractivity contribution is -0.131. The zero-order valence-corrected chi connectivity index (χ0v) is 11.8. The van der Waals surface area contributed by atoms with Crippen molar-refractivity contribution in [3.8, 4) is 0 Å². The molecule has 0 heterocycles. The minimum atomic E-state index is -0.662. The van der Waals surface area contributed by atoms with Gasteiger partial charge in [-0.15, -0.1) is 0 Å². The highest BCUT2D eigenvalue weighted by atomic mass is 16.6. The zero-order chi connectivity index (χ0) is 13.8. The van der Waals surface area contributed by atoms with Crippen molar-refractivity contribution in [2.45, 2.75) is 58.1 Å². The number of nitrogens with zero attached hydrogens (tertiary/aromatic N) is 1. The fraction of sp³-hybridized carbons (Fsp3) is 0.923. The van der Waals surface area contributed by atoms with Crippen molar-refractivity contribution in [2.75, 3.05) is 13.7 Å². The maximum absolute atomic E-state index is 11.7. The van der Waals surface area contributed by atoms with Crippen LogP contribution in [0, 0.1) is 5.92 Å². The molecule has 5 heteroatoms. The second-order valence-electron chi connectivity index (χ2n) is 5.97. The van der Waals surface area contributed by atoms with Gasteiger partial charge in [0.25, 0.3) is 0 Å². The molecule has 0 aromatic carbocycles. The van der Waals surface area contributed by atoms with Crippen LogP contribution in [0.2, 0.25) is 0 Å². The Morgan fingerprint density at radius 1 is 1.39 bits per heavy atom. The highest BCUT2D eigenvalue weighted by molar-refractivity contribution is 5.67. The van der Waals surface area contributed by atoms with E-state index < -0.39 is 11.7 Å². The van der Waals surface area contributed by atoms with Gasteiger partial charge in [0.1, 0.15) is 5.60 Å². The van der Waals surface area contributed by atoms with E-state index in [4.69, 9.17) is 9.47 Å². The molecule has 1 aliphatic rings. The van der Waals surface area contributed by atoms with Gasteiger partial charge in [-0.05, 0) is 46.0 Å². The number of rotatable bonds is 3. The van der Waals surface area contributed by atoms with E-state index in [-0.39, 0.29) is 6.04 Å². The molecule has 2 atom stereocenters. The second-order valence-corrected chi connectivity index (χ2v) is 5.97. The zero-order valence-electron chi connectivity index (χ0n) is 11.8. The predicted octanol–water partition coefficient (Wildman–Crippen LogP) is 2.82. The van der Waals surface area contributed by atoms with Crippen molar-refractivity contribution in [1.29, 1.82) is 0 Å². The van der Waals surface area contributed by atoms with Crippen LogP contribution in [0.1, 0.15) is 46.5 Å². The summed E-state index contributed by atoms with van der Waals surface area (Å²) >= 11 is 0. The Balaban J connectivity index is 2.50. The molecule has 0 saturated heterocycles. The lowest BCUT2D eigenvalue weighted by Gasteiger charge is -2.34. The highest BCUT2D eigenvalue weighted by Gasteiger charge is 2.31. The summed E-state index contributed by atoms with van der Waals surface area (Å²) in [6.07, 6.45) is 3.01. The fourth-order valence-electron chi connectivity index (χ4n) is 2.33. The van der Waals surface area contributed by atoms with Gasteiger partial charge in [-0.25, -0.2) is 4.79 Å². The fourth-order valence-corrected chi connectivity index (χ4v) is 2.33. The van der Waals surface area contributed by atoms with Gasteiger partial charge in [0.15, 0.2) is 0 Å². The molecular weight excluding hydrogens is 234 g/mol. The van der Waals surface area contributed by atoms with E-state index in [9.17, 15) is 10.0 Å². The van der Waals surface area contributed by atoms with Gasteiger partial charge in [0, 0.05) is 13.7 Å². The summed E-state index contributed by atoms with van der Waals surface area (Å²) in [5.74, 6) is 0.408. The van der Waals surface area contributed by atoms with E-state index in [0.29, 0.717) is 12.5 Å². The summed E-state index contributed by atoms with van der Waals surface area (Å²) in [5, 5.41) is 10.7. The molecule has 1 unspecified atom stereocenters. The Bertz CT molecular complexity index is 273. The third kappa shape index (κ3) is 4.82. The van der Waals surface area contributed by atoms with E-state index in [2.05, 4.69) is 0 Å². The van der Waals surface area contributed by atoms with Crippen LogP contribution in [0.25, 0.3) is 0 Å². The molecule has 0 aromatic rings. The third-order valence-corrected chi connectivity index (χ3v) is 3.08. The average Bonchev–Trinajstić information content (AvgIpc) is 2.26. The van der Waals surface area contributed by atoms with Gasteiger partial charge in [-0.1, -0.05) is 6.42 Å². The standard InChI is InChI=1S/C13H25NO4/c1-13(2,3)18-12(15)14(16)11-7-5-6-10(8-11)9-17-4/h10-11,16H,5-9H2,1-4H3/t10-,11?/m0/s1. The van der Waals surface area contributed by atoms with Gasteiger partial charge in [0.05, 0.1) is 6.04 Å². The molecular formula is C13H25NO4. The minimum absolute atomic E-state index is 0.159. The number of hydrogen-bond acceptors (Lipinski definition) is 4. The normalized spacial score (nSPS) is 24.7. The van der Waals surface area contributed by atoms with Gasteiger partial charge >= 0.3 is 6.09 Å². The summed E-state index contributed by atoms with van der Waals surface area (Å²) in [4.78, 5) is 11.7. The number of amides is 1. The Labute approximate surface area is 109 Å². The first-order valence-electron chi connectivity index (χ1n) is 6.53. The molecule has 5 nitrogen and oxygen atoms in total. The van der Waals surface area contributed by atoms with E-state index in [0.717, 1.165) is 30.7 Å². The van der Waals surface area contributed by atoms with Crippen molar-refractivity contribution in [2.24, 2.45) is 5.92 Å². The number of methoxy groups -OCH3 is 1. The van der Waals surface area contributed by atoms with Crippen LogP contribution in [-0.4, -0.2) is 41.7 Å². The van der Waals surface area contributed by atoms with Crippen molar-refractivity contribution < 1.29 is 19.5 Å². The topological polar surface area (TPSA) is 59.0 Å². The molecule has 1 amide bonds. The van der Waals surface area contributed by atoms with Crippen molar-refractivity contribution >= 4 is 6.09 Å². The van der Waals surface area contributed by atoms with Crippen LogP contribution >= 0.6 is 0 Å². The van der Waals surface area contributed by atoms with Gasteiger partial charge in [0.2, 0.25) is 0 Å². The summed E-state index contributed by atoms with van der Waals surface area (Å²) in [7, 11) is 1.67. The van der Waals surface area contributed by atoms with Crippen LogP contribution in [0.3, 0.4) is 0 Å². The molecule has 1 fully saturated rings. The van der Waals surface area contributed by atoms with Crippen molar-refractivity contribution in [3.63, 3.8) is 0 Å². The van der Waals surface area contributed by atoms with Gasteiger partial charge in [-0.3, -0.25) is 5.21 Å². The van der Waals surface area contributed by atoms with E-state index in [1.165, 1.54) is 0 Å². The molecule has 1 saturated carbocycles. The Kier molecular flexibility index (Phi) is 5.41. The summed E-state index contributed by atoms with van der Waals surface area (Å²) in [6.45, 7) is 6.03. The molecule has 0 aromatic heterocycles. The molecule has 1 aliphatic carbocycles. The molecule has 1 rings (SSSR count). The molecule has 106 valence electrons. The minimum Gasteiger partial charge on any atom is -0.442 e. The Morgan fingerprint density at radius 2 is 2.06 bits per heavy atom. The smallest absolute Gasteiger partial charge is 0.434 e. The van der Waals surface area contributed by atoms with E-state index in [1.807, 2.05) is 0 Å². The maximum atomic E-state index is 11.7. The SMILES string of the molecule is COC[C@H]1CCCC(N(O)C(=O)OC(C)(C)C)C1. The number of carbonyl (C=O) groups is 1. The first kappa shape index (κ1) is 15.2. The number of ether oxygens (including phenoxy) is 2. The average molecular weight is 259 g/mol. The Morgan fingerprint density at radius 3 is 2.61 bits per heavy atom. The summed E-state index contributed by atoms with van der Waals surface area (Å²) < 4.78 is 10.3. The van der Waals surface area contributed by atoms with Crippen molar-refractivity contribution in [3.05, 3.63) is 0 Å². The summed E-state index contributed by atoms with van der Waals surface area (Å²) in [5.41, 5.74) is -0.585. The number of carbonyl (C=O) groups excluding carboxylic acids is 1. The second kappa shape index (κ2) is 6.38. The molecule has 0 spiro atoms. The van der Waals surface area contributed by atoms with Crippen molar-refractivity contribution in [1.82, 2.24) is 5.06 Å². The molecule has 0 aliphatic heterocycles. The first-order valence-corrected chi connectivity index (χ1v) is 6.53. The van der Waals surface area contributed by atoms with Crippen LogP contribution < -0.4 is 0 Å². The lowest BCUT2D eigenvalue weighted by Crippen LogP contribution is -2.43. The molecule has 1 N–H and O–H groups in total. The van der Waals surface area contributed by atoms with E-state index in [1.54, 1.807) is 27.9 Å². The van der Waals surface area contributed by atoms with Crippen LogP contribution in [0.15, 0.2) is 0 Å². The lowest BCUT2D eigenvalue weighted by atomic mass is 9.86. The van der Waals surface area contributed by atoms with Crippen LogP contribution in [-0.2, 0) is 9.47 Å². The van der Waals surface area contributed by atoms with Crippen LogP contribution in [0.4, 0.5) is 4.79 Å². The summed E-state index contributed by atoms with van der Waals surface area (Å²) in [6, 6.07) is -0.159. The van der Waals surface area contributed by atoms with E-state index >= 15 is 0 Å². The predicted molar refractivity (Wildman–Crippen MR) is 67.5 cm³/mol. The molecule has 0 radical (unpaired) electrons. The van der Waals surface area contributed by atoms with Crippen LogP contribution in [0.5, 0.6) is 0 Å². The number of hydrogen-bond donors (Lipinski definition) is 1. The maximum Gasteiger partial charge on any atom is 0.434 e. The number of hydroxylamine groups is 2. The van der Waals surface area contributed by atoms with Gasteiger partial charge < -0.3 is 9.47 Å². The first-order chi connectivity index (χ1) is 8.33. The Hall–Kier alpha value is -0.810. The van der Waals surface area contributed by atoms with Gasteiger partial charge in [-0.2, -0.15) is 5.06 Å². The third-order valence-electron chi connectivity index (χ3n) is 3.08. The molecule has 18 heavy (non-hydrogen) atoms. The quantitative estimate of drug-likeness (QED) is 0.625. The molecule has 0 bridgehead atoms. The monoisotopic (exact) mass is 259 g/mol. The largest absolute Gasteiger partial charge is 0.442 e. The highest BCUT2D eigenvalue weighted by Crippen LogP contribution is 2.28.